The van der Waals surface area contributed by atoms with E-state index >= 15 is 0 Å². The van der Waals surface area contributed by atoms with Crippen LogP contribution in [0.2, 0.25) is 0 Å². The topological polar surface area (TPSA) is 96.0 Å². The lowest BCUT2D eigenvalue weighted by Gasteiger charge is -2.33. The lowest BCUT2D eigenvalue weighted by molar-refractivity contribution is -0.135. The van der Waals surface area contributed by atoms with Crippen molar-refractivity contribution in [2.45, 2.75) is 6.92 Å². The zero-order chi connectivity index (χ0) is 21.7. The normalized spacial score (nSPS) is 14.9. The number of aryl methyl sites for hydroxylation is 1. The molecule has 1 aliphatic heterocycles. The molecule has 0 saturated carbocycles. The van der Waals surface area contributed by atoms with Crippen LogP contribution < -0.4 is 5.32 Å². The molecule has 1 amide bonds. The first kappa shape index (κ1) is 21.8. The van der Waals surface area contributed by atoms with E-state index in [1.807, 2.05) is 31.2 Å². The van der Waals surface area contributed by atoms with Gasteiger partial charge in [0.2, 0.25) is 10.0 Å². The van der Waals surface area contributed by atoms with Gasteiger partial charge < -0.3 is 15.0 Å². The number of amides is 1. The van der Waals surface area contributed by atoms with E-state index in [1.54, 1.807) is 24.3 Å². The van der Waals surface area contributed by atoms with Crippen LogP contribution in [0.3, 0.4) is 0 Å². The minimum atomic E-state index is -3.27. The number of esters is 1. The number of nitrogens with zero attached hydrogens (tertiary/aromatic N) is 2. The zero-order valence-electron chi connectivity index (χ0n) is 17.0. The summed E-state index contributed by atoms with van der Waals surface area (Å²) in [6.07, 6.45) is 1.15. The van der Waals surface area contributed by atoms with Crippen molar-refractivity contribution in [2.24, 2.45) is 0 Å². The summed E-state index contributed by atoms with van der Waals surface area (Å²) < 4.78 is 29.7. The van der Waals surface area contributed by atoms with Gasteiger partial charge in [-0.25, -0.2) is 13.2 Å². The highest BCUT2D eigenvalue weighted by atomic mass is 32.2. The predicted octanol–water partition coefficient (Wildman–Crippen LogP) is 2.00. The Kier molecular flexibility index (Phi) is 6.73. The molecule has 0 bridgehead atoms. The standard InChI is InChI=1S/C21H25N3O5S/c1-16-7-9-17(10-8-16)22-19-6-4-3-5-18(19)21(26)29-15-20(25)23-11-13-24(14-12-23)30(2,27)28/h3-10,22H,11-15H2,1-2H3. The SMILES string of the molecule is Cc1ccc(Nc2ccccc2C(=O)OCC(=O)N2CCN(S(C)(=O)=O)CC2)cc1. The molecule has 1 heterocycles. The molecule has 0 atom stereocenters. The van der Waals surface area contributed by atoms with Gasteiger partial charge in [0.25, 0.3) is 5.91 Å². The van der Waals surface area contributed by atoms with E-state index in [2.05, 4.69) is 5.32 Å². The summed E-state index contributed by atoms with van der Waals surface area (Å²) in [4.78, 5) is 26.4. The van der Waals surface area contributed by atoms with E-state index < -0.39 is 22.6 Å². The molecule has 3 rings (SSSR count). The highest BCUT2D eigenvalue weighted by Gasteiger charge is 2.26. The number of rotatable bonds is 6. The van der Waals surface area contributed by atoms with Gasteiger partial charge in [-0.15, -0.1) is 0 Å². The molecule has 2 aromatic rings. The number of ether oxygens (including phenoxy) is 1. The molecule has 8 nitrogen and oxygen atoms in total. The molecule has 0 unspecified atom stereocenters. The number of hydrogen-bond acceptors (Lipinski definition) is 6. The van der Waals surface area contributed by atoms with E-state index in [0.717, 1.165) is 17.5 Å². The van der Waals surface area contributed by atoms with Crippen LogP contribution >= 0.6 is 0 Å². The fraction of sp³-hybridized carbons (Fsp3) is 0.333. The molecule has 0 radical (unpaired) electrons. The molecule has 0 aliphatic carbocycles. The van der Waals surface area contributed by atoms with Crippen molar-refractivity contribution in [3.8, 4) is 0 Å². The first-order valence-electron chi connectivity index (χ1n) is 9.57. The van der Waals surface area contributed by atoms with Gasteiger partial charge in [-0.05, 0) is 31.2 Å². The van der Waals surface area contributed by atoms with Gasteiger partial charge in [0, 0.05) is 31.9 Å². The Morgan fingerprint density at radius 2 is 1.63 bits per heavy atom. The van der Waals surface area contributed by atoms with Crippen LogP contribution in [0.15, 0.2) is 48.5 Å². The molecule has 1 aliphatic rings. The summed E-state index contributed by atoms with van der Waals surface area (Å²) in [6, 6.07) is 14.7. The number of piperazine rings is 1. The summed E-state index contributed by atoms with van der Waals surface area (Å²) in [5, 5.41) is 3.19. The summed E-state index contributed by atoms with van der Waals surface area (Å²) in [7, 11) is -3.27. The number of sulfonamides is 1. The van der Waals surface area contributed by atoms with Crippen molar-refractivity contribution in [3.63, 3.8) is 0 Å². The monoisotopic (exact) mass is 431 g/mol. The molecule has 9 heteroatoms. The third-order valence-electron chi connectivity index (χ3n) is 4.86. The second-order valence-corrected chi connectivity index (χ2v) is 9.14. The molecular formula is C21H25N3O5S. The molecule has 2 aromatic carbocycles. The van der Waals surface area contributed by atoms with Crippen molar-refractivity contribution in [1.29, 1.82) is 0 Å². The molecule has 160 valence electrons. The van der Waals surface area contributed by atoms with Gasteiger partial charge in [-0.2, -0.15) is 4.31 Å². The fourth-order valence-electron chi connectivity index (χ4n) is 3.13. The summed E-state index contributed by atoms with van der Waals surface area (Å²) in [5.74, 6) is -0.950. The van der Waals surface area contributed by atoms with E-state index in [1.165, 1.54) is 9.21 Å². The van der Waals surface area contributed by atoms with Gasteiger partial charge >= 0.3 is 5.97 Å². The van der Waals surface area contributed by atoms with E-state index in [4.69, 9.17) is 4.74 Å². The second kappa shape index (κ2) is 9.27. The summed E-state index contributed by atoms with van der Waals surface area (Å²) in [6.45, 7) is 2.62. The third-order valence-corrected chi connectivity index (χ3v) is 6.17. The maximum Gasteiger partial charge on any atom is 0.340 e. The van der Waals surface area contributed by atoms with Crippen LogP contribution in [0.1, 0.15) is 15.9 Å². The Morgan fingerprint density at radius 3 is 2.27 bits per heavy atom. The molecule has 1 saturated heterocycles. The van der Waals surface area contributed by atoms with Crippen molar-refractivity contribution in [1.82, 2.24) is 9.21 Å². The average molecular weight is 432 g/mol. The maximum atomic E-state index is 12.6. The van der Waals surface area contributed by atoms with E-state index in [9.17, 15) is 18.0 Å². The molecule has 0 spiro atoms. The van der Waals surface area contributed by atoms with Gasteiger partial charge in [-0.3, -0.25) is 4.79 Å². The first-order valence-corrected chi connectivity index (χ1v) is 11.4. The minimum Gasteiger partial charge on any atom is -0.452 e. The number of anilines is 2. The smallest absolute Gasteiger partial charge is 0.340 e. The van der Waals surface area contributed by atoms with Gasteiger partial charge in [0.1, 0.15) is 0 Å². The molecule has 1 N–H and O–H groups in total. The van der Waals surface area contributed by atoms with Crippen molar-refractivity contribution >= 4 is 33.3 Å². The lowest BCUT2D eigenvalue weighted by atomic mass is 10.1. The van der Waals surface area contributed by atoms with Crippen LogP contribution in [0.4, 0.5) is 11.4 Å². The Balaban J connectivity index is 1.58. The van der Waals surface area contributed by atoms with Crippen LogP contribution in [0, 0.1) is 6.92 Å². The van der Waals surface area contributed by atoms with Gasteiger partial charge in [-0.1, -0.05) is 29.8 Å². The third kappa shape index (κ3) is 5.58. The molecule has 1 fully saturated rings. The number of para-hydroxylation sites is 1. The number of hydrogen-bond donors (Lipinski definition) is 1. The van der Waals surface area contributed by atoms with Crippen LogP contribution in [0.25, 0.3) is 0 Å². The maximum absolute atomic E-state index is 12.6. The number of carbonyl (C=O) groups excluding carboxylic acids is 2. The molecule has 30 heavy (non-hydrogen) atoms. The van der Waals surface area contributed by atoms with Crippen molar-refractivity contribution < 1.29 is 22.7 Å². The average Bonchev–Trinajstić information content (AvgIpc) is 2.73. The molecule has 0 aromatic heterocycles. The zero-order valence-corrected chi connectivity index (χ0v) is 17.8. The largest absolute Gasteiger partial charge is 0.452 e. The van der Waals surface area contributed by atoms with Crippen LogP contribution in [-0.2, 0) is 19.6 Å². The van der Waals surface area contributed by atoms with E-state index in [-0.39, 0.29) is 32.1 Å². The predicted molar refractivity (Wildman–Crippen MR) is 114 cm³/mol. The Hall–Kier alpha value is -2.91. The fourth-order valence-corrected chi connectivity index (χ4v) is 3.95. The van der Waals surface area contributed by atoms with Gasteiger partial charge in [0.15, 0.2) is 6.61 Å². The second-order valence-electron chi connectivity index (χ2n) is 7.16. The van der Waals surface area contributed by atoms with Crippen LogP contribution in [0.5, 0.6) is 0 Å². The van der Waals surface area contributed by atoms with Crippen molar-refractivity contribution in [3.05, 3.63) is 59.7 Å². The Bertz CT molecular complexity index is 1010. The molecular weight excluding hydrogens is 406 g/mol. The Morgan fingerprint density at radius 1 is 1.00 bits per heavy atom. The minimum absolute atomic E-state index is 0.238. The van der Waals surface area contributed by atoms with Gasteiger partial charge in [0.05, 0.1) is 17.5 Å². The summed E-state index contributed by atoms with van der Waals surface area (Å²) >= 11 is 0. The van der Waals surface area contributed by atoms with E-state index in [0.29, 0.717) is 11.3 Å². The highest BCUT2D eigenvalue weighted by Crippen LogP contribution is 2.22. The number of nitrogens with one attached hydrogen (secondary N) is 1. The quantitative estimate of drug-likeness (QED) is 0.703. The number of carbonyl (C=O) groups is 2. The highest BCUT2D eigenvalue weighted by molar-refractivity contribution is 7.88. The van der Waals surface area contributed by atoms with Crippen LogP contribution in [-0.4, -0.2) is 68.5 Å². The van der Waals surface area contributed by atoms with Crippen molar-refractivity contribution in [2.75, 3.05) is 44.4 Å². The number of benzene rings is 2. The lowest BCUT2D eigenvalue weighted by Crippen LogP contribution is -2.51. The summed E-state index contributed by atoms with van der Waals surface area (Å²) in [5.41, 5.74) is 2.87. The Labute approximate surface area is 176 Å². The first-order chi connectivity index (χ1) is 14.2.